The van der Waals surface area contributed by atoms with E-state index in [1.54, 1.807) is 12.1 Å². The fourth-order valence-electron chi connectivity index (χ4n) is 1.80. The van der Waals surface area contributed by atoms with Crippen LogP contribution in [0.25, 0.3) is 0 Å². The number of rotatable bonds is 4. The molecule has 0 bridgehead atoms. The predicted octanol–water partition coefficient (Wildman–Crippen LogP) is 4.30. The maximum absolute atomic E-state index is 13.5. The molecule has 0 fully saturated rings. The summed E-state index contributed by atoms with van der Waals surface area (Å²) in [7, 11) is 1.81. The minimum atomic E-state index is -0.312. The minimum absolute atomic E-state index is 0.312. The van der Waals surface area contributed by atoms with Crippen LogP contribution in [0.2, 0.25) is 5.02 Å². The number of hydrogen-bond acceptors (Lipinski definition) is 2. The summed E-state index contributed by atoms with van der Waals surface area (Å²) in [6.07, 6.45) is 0. The lowest BCUT2D eigenvalue weighted by molar-refractivity contribution is 0.475. The normalized spacial score (nSPS) is 10.5. The molecular weight excluding hydrogens is 265 g/mol. The molecule has 2 aromatic carbocycles. The molecule has 0 unspecified atom stereocenters. The molecule has 0 saturated heterocycles. The van der Waals surface area contributed by atoms with Crippen molar-refractivity contribution in [2.45, 2.75) is 13.5 Å². The van der Waals surface area contributed by atoms with Gasteiger partial charge in [-0.2, -0.15) is 0 Å². The molecule has 0 spiro atoms. The van der Waals surface area contributed by atoms with Gasteiger partial charge in [-0.25, -0.2) is 4.39 Å². The Hall–Kier alpha value is -1.58. The first-order chi connectivity index (χ1) is 9.08. The molecule has 0 aliphatic heterocycles. The SMILES string of the molecule is CNCc1cc(F)cc(Oc2ccc(Cl)c(C)c2)c1. The van der Waals surface area contributed by atoms with Gasteiger partial charge in [0.1, 0.15) is 17.3 Å². The topological polar surface area (TPSA) is 21.3 Å². The summed E-state index contributed by atoms with van der Waals surface area (Å²) in [5, 5.41) is 3.66. The molecule has 0 aliphatic rings. The van der Waals surface area contributed by atoms with Gasteiger partial charge in [-0.15, -0.1) is 0 Å². The lowest BCUT2D eigenvalue weighted by atomic mass is 10.2. The highest BCUT2D eigenvalue weighted by atomic mass is 35.5. The van der Waals surface area contributed by atoms with Crippen molar-refractivity contribution in [3.63, 3.8) is 0 Å². The molecule has 2 nitrogen and oxygen atoms in total. The van der Waals surface area contributed by atoms with Crippen LogP contribution >= 0.6 is 11.6 Å². The maximum Gasteiger partial charge on any atom is 0.130 e. The summed E-state index contributed by atoms with van der Waals surface area (Å²) >= 11 is 5.95. The first-order valence-electron chi connectivity index (χ1n) is 5.96. The number of ether oxygens (including phenoxy) is 1. The van der Waals surface area contributed by atoms with Crippen LogP contribution in [0.15, 0.2) is 36.4 Å². The zero-order valence-corrected chi connectivity index (χ0v) is 11.6. The molecule has 19 heavy (non-hydrogen) atoms. The number of hydrogen-bond donors (Lipinski definition) is 1. The van der Waals surface area contributed by atoms with Crippen LogP contribution in [0, 0.1) is 12.7 Å². The predicted molar refractivity (Wildman–Crippen MR) is 75.4 cm³/mol. The van der Waals surface area contributed by atoms with Crippen molar-refractivity contribution in [2.75, 3.05) is 7.05 Å². The Bertz CT molecular complexity index is 586. The second kappa shape index (κ2) is 6.04. The van der Waals surface area contributed by atoms with Crippen molar-refractivity contribution in [2.24, 2.45) is 0 Å². The number of benzene rings is 2. The Morgan fingerprint density at radius 3 is 2.63 bits per heavy atom. The second-order valence-corrected chi connectivity index (χ2v) is 4.75. The van der Waals surface area contributed by atoms with Crippen LogP contribution in [-0.2, 0) is 6.54 Å². The van der Waals surface area contributed by atoms with Crippen LogP contribution in [0.4, 0.5) is 4.39 Å². The molecule has 4 heteroatoms. The molecule has 1 N–H and O–H groups in total. The van der Waals surface area contributed by atoms with Crippen LogP contribution < -0.4 is 10.1 Å². The van der Waals surface area contributed by atoms with Crippen molar-refractivity contribution >= 4 is 11.6 Å². The van der Waals surface area contributed by atoms with Crippen molar-refractivity contribution in [3.05, 3.63) is 58.4 Å². The van der Waals surface area contributed by atoms with Crippen LogP contribution in [0.3, 0.4) is 0 Å². The average molecular weight is 280 g/mol. The summed E-state index contributed by atoms with van der Waals surface area (Å²) in [6, 6.07) is 10.0. The fourth-order valence-corrected chi connectivity index (χ4v) is 1.92. The Morgan fingerprint density at radius 2 is 1.95 bits per heavy atom. The van der Waals surface area contributed by atoms with E-state index in [1.807, 2.05) is 26.1 Å². The summed E-state index contributed by atoms with van der Waals surface area (Å²) < 4.78 is 19.1. The van der Waals surface area contributed by atoms with E-state index in [4.69, 9.17) is 16.3 Å². The number of halogens is 2. The Kier molecular flexibility index (Phi) is 4.40. The molecule has 0 radical (unpaired) electrons. The van der Waals surface area contributed by atoms with Crippen molar-refractivity contribution in [1.29, 1.82) is 0 Å². The molecule has 0 aliphatic carbocycles. The minimum Gasteiger partial charge on any atom is -0.457 e. The third-order valence-corrected chi connectivity index (χ3v) is 3.10. The second-order valence-electron chi connectivity index (χ2n) is 4.34. The van der Waals surface area contributed by atoms with Crippen molar-refractivity contribution < 1.29 is 9.13 Å². The van der Waals surface area contributed by atoms with E-state index in [9.17, 15) is 4.39 Å². The van der Waals surface area contributed by atoms with Crippen LogP contribution in [0.1, 0.15) is 11.1 Å². The largest absolute Gasteiger partial charge is 0.457 e. The maximum atomic E-state index is 13.5. The van der Waals surface area contributed by atoms with E-state index in [1.165, 1.54) is 12.1 Å². The van der Waals surface area contributed by atoms with Gasteiger partial charge >= 0.3 is 0 Å². The van der Waals surface area contributed by atoms with E-state index in [0.717, 1.165) is 11.1 Å². The monoisotopic (exact) mass is 279 g/mol. The first-order valence-corrected chi connectivity index (χ1v) is 6.34. The Labute approximate surface area is 117 Å². The molecule has 2 aromatic rings. The summed E-state index contributed by atoms with van der Waals surface area (Å²) in [5.41, 5.74) is 1.76. The molecular formula is C15H15ClFNO. The zero-order chi connectivity index (χ0) is 13.8. The summed E-state index contributed by atoms with van der Waals surface area (Å²) in [4.78, 5) is 0. The smallest absolute Gasteiger partial charge is 0.130 e. The standard InChI is InChI=1S/C15H15ClFNO/c1-10-5-13(3-4-15(10)16)19-14-7-11(9-18-2)6-12(17)8-14/h3-8,18H,9H2,1-2H3. The molecule has 0 saturated carbocycles. The van der Waals surface area contributed by atoms with Crippen molar-refractivity contribution in [3.8, 4) is 11.5 Å². The third kappa shape index (κ3) is 3.69. The zero-order valence-electron chi connectivity index (χ0n) is 10.8. The molecule has 0 amide bonds. The van der Waals surface area contributed by atoms with Gasteiger partial charge in [0.05, 0.1) is 0 Å². The van der Waals surface area contributed by atoms with Gasteiger partial charge in [-0.1, -0.05) is 11.6 Å². The van der Waals surface area contributed by atoms with E-state index < -0.39 is 0 Å². The summed E-state index contributed by atoms with van der Waals surface area (Å²) in [6.45, 7) is 2.49. The van der Waals surface area contributed by atoms with Gasteiger partial charge in [0.15, 0.2) is 0 Å². The Morgan fingerprint density at radius 1 is 1.16 bits per heavy atom. The molecule has 100 valence electrons. The number of aryl methyl sites for hydroxylation is 1. The quantitative estimate of drug-likeness (QED) is 0.901. The van der Waals surface area contributed by atoms with Crippen molar-refractivity contribution in [1.82, 2.24) is 5.32 Å². The van der Waals surface area contributed by atoms with E-state index in [0.29, 0.717) is 23.1 Å². The van der Waals surface area contributed by atoms with Gasteiger partial charge in [-0.3, -0.25) is 0 Å². The highest BCUT2D eigenvalue weighted by Crippen LogP contribution is 2.27. The summed E-state index contributed by atoms with van der Waals surface area (Å²) in [5.74, 6) is 0.809. The van der Waals surface area contributed by atoms with Crippen LogP contribution in [0.5, 0.6) is 11.5 Å². The van der Waals surface area contributed by atoms with Gasteiger partial charge < -0.3 is 10.1 Å². The van der Waals surface area contributed by atoms with Gasteiger partial charge in [0, 0.05) is 17.6 Å². The fraction of sp³-hybridized carbons (Fsp3) is 0.200. The lowest BCUT2D eigenvalue weighted by Gasteiger charge is -2.09. The van der Waals surface area contributed by atoms with Crippen LogP contribution in [-0.4, -0.2) is 7.05 Å². The highest BCUT2D eigenvalue weighted by Gasteiger charge is 2.04. The number of nitrogens with one attached hydrogen (secondary N) is 1. The molecule has 0 heterocycles. The van der Waals surface area contributed by atoms with Gasteiger partial charge in [0.2, 0.25) is 0 Å². The van der Waals surface area contributed by atoms with E-state index >= 15 is 0 Å². The molecule has 0 aromatic heterocycles. The first kappa shape index (κ1) is 13.8. The molecule has 2 rings (SSSR count). The molecule has 0 atom stereocenters. The van der Waals surface area contributed by atoms with Gasteiger partial charge in [0.25, 0.3) is 0 Å². The van der Waals surface area contributed by atoms with Gasteiger partial charge in [-0.05, 0) is 55.4 Å². The lowest BCUT2D eigenvalue weighted by Crippen LogP contribution is -2.05. The van der Waals surface area contributed by atoms with E-state index in [-0.39, 0.29) is 5.82 Å². The van der Waals surface area contributed by atoms with E-state index in [2.05, 4.69) is 5.32 Å². The third-order valence-electron chi connectivity index (χ3n) is 2.68. The highest BCUT2D eigenvalue weighted by molar-refractivity contribution is 6.31. The average Bonchev–Trinajstić information content (AvgIpc) is 2.33. The Balaban J connectivity index is 2.24.